The van der Waals surface area contributed by atoms with E-state index in [9.17, 15) is 9.18 Å². The Morgan fingerprint density at radius 3 is 3.00 bits per heavy atom. The second kappa shape index (κ2) is 6.33. The molecule has 1 unspecified atom stereocenters. The highest BCUT2D eigenvalue weighted by Gasteiger charge is 2.23. The first-order valence-corrected chi connectivity index (χ1v) is 6.28. The van der Waals surface area contributed by atoms with Crippen LogP contribution in [-0.2, 0) is 9.53 Å². The van der Waals surface area contributed by atoms with Crippen molar-refractivity contribution >= 4 is 17.4 Å². The molecule has 7 heteroatoms. The number of hydrogen-bond donors (Lipinski definition) is 3. The van der Waals surface area contributed by atoms with Gasteiger partial charge < -0.3 is 21.0 Å². The fraction of sp³-hybridized carbons (Fsp3) is 0.385. The Bertz CT molecular complexity index is 528. The molecular formula is C13H16FN3O3. The lowest BCUT2D eigenvalue weighted by Crippen LogP contribution is -2.31. The fourth-order valence-electron chi connectivity index (χ4n) is 2.07. The van der Waals surface area contributed by atoms with Crippen LogP contribution >= 0.6 is 0 Å². The Morgan fingerprint density at radius 1 is 1.55 bits per heavy atom. The molecule has 0 spiro atoms. The van der Waals surface area contributed by atoms with Gasteiger partial charge in [0, 0.05) is 12.2 Å². The summed E-state index contributed by atoms with van der Waals surface area (Å²) in [7, 11) is 0. The van der Waals surface area contributed by atoms with Crippen molar-refractivity contribution in [2.45, 2.75) is 12.8 Å². The number of carbonyl (C=O) groups excluding carboxylic acids is 1. The number of anilines is 1. The molecule has 1 aliphatic heterocycles. The van der Waals surface area contributed by atoms with Crippen molar-refractivity contribution in [3.05, 3.63) is 29.6 Å². The van der Waals surface area contributed by atoms with Gasteiger partial charge in [-0.15, -0.1) is 0 Å². The maximum Gasteiger partial charge on any atom is 0.229 e. The molecule has 108 valence electrons. The van der Waals surface area contributed by atoms with Crippen molar-refractivity contribution in [1.82, 2.24) is 0 Å². The molecule has 6 nitrogen and oxygen atoms in total. The van der Waals surface area contributed by atoms with Gasteiger partial charge in [0.05, 0.1) is 18.2 Å². The molecular weight excluding hydrogens is 265 g/mol. The quantitative estimate of drug-likeness (QED) is 0.336. The van der Waals surface area contributed by atoms with Crippen molar-refractivity contribution in [2.24, 2.45) is 16.8 Å². The first-order valence-electron chi connectivity index (χ1n) is 6.28. The van der Waals surface area contributed by atoms with E-state index in [1.807, 2.05) is 0 Å². The number of hydrogen-bond acceptors (Lipinski definition) is 4. The Kier molecular flexibility index (Phi) is 4.52. The van der Waals surface area contributed by atoms with Gasteiger partial charge in [-0.25, -0.2) is 4.39 Å². The lowest BCUT2D eigenvalue weighted by Gasteiger charge is -2.21. The molecule has 0 aliphatic carbocycles. The molecule has 1 amide bonds. The predicted molar refractivity (Wildman–Crippen MR) is 71.1 cm³/mol. The van der Waals surface area contributed by atoms with Crippen LogP contribution in [0.1, 0.15) is 18.4 Å². The molecule has 0 bridgehead atoms. The smallest absolute Gasteiger partial charge is 0.229 e. The van der Waals surface area contributed by atoms with Crippen LogP contribution in [0.25, 0.3) is 0 Å². The summed E-state index contributed by atoms with van der Waals surface area (Å²) in [5, 5.41) is 14.2. The second-order valence-corrected chi connectivity index (χ2v) is 4.58. The van der Waals surface area contributed by atoms with E-state index in [1.54, 1.807) is 0 Å². The number of amidine groups is 1. The third-order valence-corrected chi connectivity index (χ3v) is 3.15. The molecule has 0 radical (unpaired) electrons. The zero-order chi connectivity index (χ0) is 14.5. The van der Waals surface area contributed by atoms with E-state index >= 15 is 0 Å². The molecule has 1 heterocycles. The lowest BCUT2D eigenvalue weighted by molar-refractivity contribution is -0.123. The molecule has 0 saturated carbocycles. The van der Waals surface area contributed by atoms with E-state index in [2.05, 4.69) is 10.5 Å². The molecule has 0 aromatic heterocycles. The summed E-state index contributed by atoms with van der Waals surface area (Å²) in [6.45, 7) is 1.03. The number of halogens is 1. The number of nitrogens with zero attached hydrogens (tertiary/aromatic N) is 1. The zero-order valence-corrected chi connectivity index (χ0v) is 10.8. The van der Waals surface area contributed by atoms with Gasteiger partial charge in [0.15, 0.2) is 5.84 Å². The van der Waals surface area contributed by atoms with Gasteiger partial charge in [-0.3, -0.25) is 4.79 Å². The summed E-state index contributed by atoms with van der Waals surface area (Å²) < 4.78 is 18.5. The van der Waals surface area contributed by atoms with E-state index in [4.69, 9.17) is 15.7 Å². The largest absolute Gasteiger partial charge is 0.409 e. The van der Waals surface area contributed by atoms with Crippen molar-refractivity contribution in [3.8, 4) is 0 Å². The van der Waals surface area contributed by atoms with Crippen LogP contribution in [0.5, 0.6) is 0 Å². The topological polar surface area (TPSA) is 96.9 Å². The van der Waals surface area contributed by atoms with Crippen molar-refractivity contribution in [3.63, 3.8) is 0 Å². The monoisotopic (exact) mass is 281 g/mol. The Balaban J connectivity index is 2.18. The van der Waals surface area contributed by atoms with Crippen LogP contribution in [0.15, 0.2) is 23.4 Å². The van der Waals surface area contributed by atoms with Crippen LogP contribution in [0.3, 0.4) is 0 Å². The van der Waals surface area contributed by atoms with Crippen LogP contribution in [0, 0.1) is 11.7 Å². The molecule has 1 aromatic carbocycles. The molecule has 2 rings (SSSR count). The molecule has 1 saturated heterocycles. The summed E-state index contributed by atoms with van der Waals surface area (Å²) in [5.41, 5.74) is 5.92. The normalized spacial score (nSPS) is 19.6. The minimum absolute atomic E-state index is 0.137. The number of ether oxygens (including phenoxy) is 1. The maximum atomic E-state index is 13.2. The SMILES string of the molecule is N/C(=N/O)c1cc(F)ccc1NC(=O)C1CCCOC1. The van der Waals surface area contributed by atoms with Crippen LogP contribution in [0.4, 0.5) is 10.1 Å². The van der Waals surface area contributed by atoms with E-state index < -0.39 is 5.82 Å². The van der Waals surface area contributed by atoms with Crippen molar-refractivity contribution in [2.75, 3.05) is 18.5 Å². The fourth-order valence-corrected chi connectivity index (χ4v) is 2.07. The molecule has 1 atom stereocenters. The van der Waals surface area contributed by atoms with Crippen molar-refractivity contribution in [1.29, 1.82) is 0 Å². The van der Waals surface area contributed by atoms with Crippen LogP contribution in [0.2, 0.25) is 0 Å². The zero-order valence-electron chi connectivity index (χ0n) is 10.8. The van der Waals surface area contributed by atoms with Gasteiger partial charge in [-0.2, -0.15) is 0 Å². The van der Waals surface area contributed by atoms with Gasteiger partial charge in [0.1, 0.15) is 5.82 Å². The Hall–Kier alpha value is -2.15. The number of rotatable bonds is 3. The van der Waals surface area contributed by atoms with Gasteiger partial charge in [-0.1, -0.05) is 5.16 Å². The highest BCUT2D eigenvalue weighted by atomic mass is 19.1. The number of benzene rings is 1. The van der Waals surface area contributed by atoms with Gasteiger partial charge in [-0.05, 0) is 31.0 Å². The van der Waals surface area contributed by atoms with Crippen molar-refractivity contribution < 1.29 is 19.1 Å². The highest BCUT2D eigenvalue weighted by Crippen LogP contribution is 2.20. The Labute approximate surface area is 115 Å². The molecule has 1 aliphatic rings. The minimum atomic E-state index is -0.536. The summed E-state index contributed by atoms with van der Waals surface area (Å²) in [6.07, 6.45) is 1.57. The Morgan fingerprint density at radius 2 is 2.35 bits per heavy atom. The number of nitrogens with two attached hydrogens (primary N) is 1. The van der Waals surface area contributed by atoms with E-state index in [0.29, 0.717) is 18.9 Å². The van der Waals surface area contributed by atoms with Gasteiger partial charge in [0.2, 0.25) is 5.91 Å². The summed E-state index contributed by atoms with van der Waals surface area (Å²) in [4.78, 5) is 12.1. The van der Waals surface area contributed by atoms with E-state index in [1.165, 1.54) is 12.1 Å². The third kappa shape index (κ3) is 3.24. The summed E-state index contributed by atoms with van der Waals surface area (Å²) in [6, 6.07) is 3.67. The lowest BCUT2D eigenvalue weighted by atomic mass is 10.0. The predicted octanol–water partition coefficient (Wildman–Crippen LogP) is 1.29. The maximum absolute atomic E-state index is 13.2. The van der Waals surface area contributed by atoms with E-state index in [-0.39, 0.29) is 23.2 Å². The van der Waals surface area contributed by atoms with Crippen LogP contribution < -0.4 is 11.1 Å². The molecule has 1 aromatic rings. The first-order chi connectivity index (χ1) is 9.61. The standard InChI is InChI=1S/C13H16FN3O3/c14-9-3-4-11(10(6-9)12(15)17-19)16-13(18)8-2-1-5-20-7-8/h3-4,6,8,19H,1-2,5,7H2,(H2,15,17)(H,16,18). The molecule has 1 fully saturated rings. The van der Waals surface area contributed by atoms with Crippen LogP contribution in [-0.4, -0.2) is 30.2 Å². The van der Waals surface area contributed by atoms with E-state index in [0.717, 1.165) is 18.9 Å². The molecule has 20 heavy (non-hydrogen) atoms. The minimum Gasteiger partial charge on any atom is -0.409 e. The average Bonchev–Trinajstić information content (AvgIpc) is 2.49. The highest BCUT2D eigenvalue weighted by molar-refractivity contribution is 6.05. The first kappa shape index (κ1) is 14.3. The average molecular weight is 281 g/mol. The third-order valence-electron chi connectivity index (χ3n) is 3.15. The number of nitrogens with one attached hydrogen (secondary N) is 1. The number of amides is 1. The summed E-state index contributed by atoms with van der Waals surface area (Å²) in [5.74, 6) is -1.26. The summed E-state index contributed by atoms with van der Waals surface area (Å²) >= 11 is 0. The number of carbonyl (C=O) groups is 1. The van der Waals surface area contributed by atoms with Gasteiger partial charge >= 0.3 is 0 Å². The molecule has 4 N–H and O–H groups in total. The number of oxime groups is 1. The second-order valence-electron chi connectivity index (χ2n) is 4.58. The van der Waals surface area contributed by atoms with Gasteiger partial charge in [0.25, 0.3) is 0 Å².